The van der Waals surface area contributed by atoms with Gasteiger partial charge in [-0.1, -0.05) is 12.5 Å². The summed E-state index contributed by atoms with van der Waals surface area (Å²) in [6.07, 6.45) is 4.80. The lowest BCUT2D eigenvalue weighted by atomic mass is 10.0. The van der Waals surface area contributed by atoms with E-state index >= 15 is 0 Å². The zero-order valence-corrected chi connectivity index (χ0v) is 12.9. The second-order valence-electron chi connectivity index (χ2n) is 5.94. The minimum Gasteiger partial charge on any atom is -0.508 e. The van der Waals surface area contributed by atoms with Crippen LogP contribution >= 0.6 is 0 Å². The molecule has 1 fully saturated rings. The van der Waals surface area contributed by atoms with E-state index in [2.05, 4.69) is 11.0 Å². The average molecular weight is 287 g/mol. The first-order valence-corrected chi connectivity index (χ1v) is 7.77. The van der Waals surface area contributed by atoms with Crippen LogP contribution in [-0.2, 0) is 13.0 Å². The van der Waals surface area contributed by atoms with Crippen LogP contribution in [0.3, 0.4) is 0 Å². The zero-order valence-electron chi connectivity index (χ0n) is 12.9. The summed E-state index contributed by atoms with van der Waals surface area (Å²) in [6.45, 7) is 4.60. The van der Waals surface area contributed by atoms with Crippen LogP contribution in [-0.4, -0.2) is 48.1 Å². The predicted molar refractivity (Wildman–Crippen MR) is 84.0 cm³/mol. The largest absolute Gasteiger partial charge is 0.508 e. The molecule has 0 radical (unpaired) electrons. The maximum Gasteiger partial charge on any atom is 0.115 e. The van der Waals surface area contributed by atoms with Crippen molar-refractivity contribution in [3.63, 3.8) is 0 Å². The van der Waals surface area contributed by atoms with Crippen molar-refractivity contribution in [1.82, 2.24) is 9.80 Å². The summed E-state index contributed by atoms with van der Waals surface area (Å²) in [5.41, 5.74) is 2.51. The summed E-state index contributed by atoms with van der Waals surface area (Å²) in [7, 11) is 1.95. The van der Waals surface area contributed by atoms with Gasteiger partial charge in [0.05, 0.1) is 12.6 Å². The molecule has 21 heavy (non-hydrogen) atoms. The number of likely N-dealkylation sites (N-methyl/N-ethyl adjacent to an activating group) is 1. The maximum atomic E-state index is 9.73. The standard InChI is InChI=1S/C17H25N3O/c1-19(12-8-18)11-7-15-13-17(21)6-5-16(15)14-20-9-3-2-4-10-20/h5-6,13,21H,2-4,7,9-12,14H2,1H3. The fraction of sp³-hybridized carbons (Fsp3) is 0.588. The summed E-state index contributed by atoms with van der Waals surface area (Å²) in [5.74, 6) is 0.329. The third kappa shape index (κ3) is 5.04. The molecule has 1 heterocycles. The number of phenolic OH excluding ortho intramolecular Hbond substituents is 1. The van der Waals surface area contributed by atoms with Gasteiger partial charge >= 0.3 is 0 Å². The van der Waals surface area contributed by atoms with Crippen molar-refractivity contribution < 1.29 is 5.11 Å². The Morgan fingerprint density at radius 1 is 1.24 bits per heavy atom. The molecular formula is C17H25N3O. The number of aromatic hydroxyl groups is 1. The molecule has 2 rings (SSSR count). The third-order valence-corrected chi connectivity index (χ3v) is 4.14. The zero-order chi connectivity index (χ0) is 15.1. The number of nitriles is 1. The van der Waals surface area contributed by atoms with Gasteiger partial charge in [0.2, 0.25) is 0 Å². The Hall–Kier alpha value is -1.57. The number of likely N-dealkylation sites (tertiary alicyclic amines) is 1. The lowest BCUT2D eigenvalue weighted by Crippen LogP contribution is -2.29. The van der Waals surface area contributed by atoms with E-state index in [1.807, 2.05) is 24.1 Å². The Bertz CT molecular complexity index is 489. The van der Waals surface area contributed by atoms with Gasteiger partial charge in [0.15, 0.2) is 0 Å². The van der Waals surface area contributed by atoms with E-state index < -0.39 is 0 Å². The monoisotopic (exact) mass is 287 g/mol. The van der Waals surface area contributed by atoms with Crippen molar-refractivity contribution in [2.45, 2.75) is 32.2 Å². The van der Waals surface area contributed by atoms with E-state index in [1.165, 1.54) is 43.5 Å². The van der Waals surface area contributed by atoms with Crippen molar-refractivity contribution in [2.75, 3.05) is 33.2 Å². The fourth-order valence-electron chi connectivity index (χ4n) is 2.87. The smallest absolute Gasteiger partial charge is 0.115 e. The summed E-state index contributed by atoms with van der Waals surface area (Å²) in [6, 6.07) is 7.86. The second-order valence-corrected chi connectivity index (χ2v) is 5.94. The van der Waals surface area contributed by atoms with E-state index in [4.69, 9.17) is 5.26 Å². The van der Waals surface area contributed by atoms with E-state index in [-0.39, 0.29) is 0 Å². The number of benzene rings is 1. The highest BCUT2D eigenvalue weighted by molar-refractivity contribution is 5.35. The van der Waals surface area contributed by atoms with Crippen LogP contribution in [0, 0.1) is 11.3 Å². The molecule has 0 spiro atoms. The molecule has 0 aliphatic carbocycles. The van der Waals surface area contributed by atoms with Crippen molar-refractivity contribution in [3.05, 3.63) is 29.3 Å². The Kier molecular flexibility index (Phi) is 6.04. The summed E-state index contributed by atoms with van der Waals surface area (Å²) in [5, 5.41) is 18.4. The molecule has 0 atom stereocenters. The minimum atomic E-state index is 0.329. The van der Waals surface area contributed by atoms with Crippen LogP contribution in [0.4, 0.5) is 0 Å². The molecule has 0 unspecified atom stereocenters. The van der Waals surface area contributed by atoms with Crippen LogP contribution in [0.1, 0.15) is 30.4 Å². The second kappa shape index (κ2) is 8.02. The number of rotatable bonds is 6. The molecule has 1 saturated heterocycles. The number of phenols is 1. The first kappa shape index (κ1) is 15.8. The molecule has 1 aromatic rings. The number of nitrogens with zero attached hydrogens (tertiary/aromatic N) is 3. The SMILES string of the molecule is CN(CC#N)CCc1cc(O)ccc1CN1CCCCC1. The van der Waals surface area contributed by atoms with E-state index in [9.17, 15) is 5.11 Å². The molecule has 114 valence electrons. The number of piperidine rings is 1. The first-order chi connectivity index (χ1) is 10.2. The van der Waals surface area contributed by atoms with Crippen LogP contribution in [0.25, 0.3) is 0 Å². The van der Waals surface area contributed by atoms with Crippen LogP contribution in [0.5, 0.6) is 5.75 Å². The highest BCUT2D eigenvalue weighted by Crippen LogP contribution is 2.21. The van der Waals surface area contributed by atoms with Gasteiger partial charge in [-0.3, -0.25) is 9.80 Å². The van der Waals surface area contributed by atoms with Crippen LogP contribution in [0.2, 0.25) is 0 Å². The van der Waals surface area contributed by atoms with Crippen molar-refractivity contribution >= 4 is 0 Å². The molecule has 0 bridgehead atoms. The Morgan fingerprint density at radius 3 is 2.71 bits per heavy atom. The first-order valence-electron chi connectivity index (χ1n) is 7.77. The Morgan fingerprint density at radius 2 is 2.00 bits per heavy atom. The highest BCUT2D eigenvalue weighted by atomic mass is 16.3. The topological polar surface area (TPSA) is 50.5 Å². The van der Waals surface area contributed by atoms with Gasteiger partial charge in [0, 0.05) is 13.1 Å². The molecular weight excluding hydrogens is 262 g/mol. The lowest BCUT2D eigenvalue weighted by Gasteiger charge is -2.27. The summed E-state index contributed by atoms with van der Waals surface area (Å²) in [4.78, 5) is 4.51. The molecule has 1 aliphatic heterocycles. The van der Waals surface area contributed by atoms with Crippen molar-refractivity contribution in [3.8, 4) is 11.8 Å². The average Bonchev–Trinajstić information content (AvgIpc) is 2.49. The van der Waals surface area contributed by atoms with Crippen LogP contribution in [0.15, 0.2) is 18.2 Å². The van der Waals surface area contributed by atoms with E-state index in [0.717, 1.165) is 19.5 Å². The molecule has 4 heteroatoms. The van der Waals surface area contributed by atoms with Gasteiger partial charge < -0.3 is 5.11 Å². The van der Waals surface area contributed by atoms with Crippen molar-refractivity contribution in [2.24, 2.45) is 0 Å². The van der Waals surface area contributed by atoms with Gasteiger partial charge in [-0.2, -0.15) is 5.26 Å². The lowest BCUT2D eigenvalue weighted by molar-refractivity contribution is 0.220. The van der Waals surface area contributed by atoms with Gasteiger partial charge in [0.1, 0.15) is 5.75 Å². The minimum absolute atomic E-state index is 0.329. The van der Waals surface area contributed by atoms with E-state index in [1.54, 1.807) is 6.07 Å². The molecule has 0 amide bonds. The Balaban J connectivity index is 2.00. The van der Waals surface area contributed by atoms with E-state index in [0.29, 0.717) is 12.3 Å². The Labute approximate surface area is 127 Å². The number of hydrogen-bond acceptors (Lipinski definition) is 4. The third-order valence-electron chi connectivity index (χ3n) is 4.14. The van der Waals surface area contributed by atoms with Gasteiger partial charge in [0.25, 0.3) is 0 Å². The predicted octanol–water partition coefficient (Wildman–Crippen LogP) is 2.38. The molecule has 1 aromatic carbocycles. The molecule has 4 nitrogen and oxygen atoms in total. The normalized spacial score (nSPS) is 16.0. The quantitative estimate of drug-likeness (QED) is 0.816. The molecule has 1 aliphatic rings. The highest BCUT2D eigenvalue weighted by Gasteiger charge is 2.13. The molecule has 0 aromatic heterocycles. The van der Waals surface area contributed by atoms with Gasteiger partial charge in [-0.25, -0.2) is 0 Å². The van der Waals surface area contributed by atoms with Gasteiger partial charge in [-0.05, 0) is 62.7 Å². The van der Waals surface area contributed by atoms with Crippen molar-refractivity contribution in [1.29, 1.82) is 5.26 Å². The fourth-order valence-corrected chi connectivity index (χ4v) is 2.87. The summed E-state index contributed by atoms with van der Waals surface area (Å²) < 4.78 is 0. The molecule has 1 N–H and O–H groups in total. The van der Waals surface area contributed by atoms with Crippen LogP contribution < -0.4 is 0 Å². The maximum absolute atomic E-state index is 9.73. The van der Waals surface area contributed by atoms with Gasteiger partial charge in [-0.15, -0.1) is 0 Å². The summed E-state index contributed by atoms with van der Waals surface area (Å²) >= 11 is 0. The molecule has 0 saturated carbocycles. The number of hydrogen-bond donors (Lipinski definition) is 1.